The maximum Gasteiger partial charge on any atom is 0.226 e. The Labute approximate surface area is 157 Å². The highest BCUT2D eigenvalue weighted by molar-refractivity contribution is 7.80. The molecule has 26 heavy (non-hydrogen) atoms. The smallest absolute Gasteiger partial charge is 0.226 e. The molecule has 1 aromatic rings. The number of aromatic nitrogens is 2. The molecule has 0 saturated carbocycles. The highest BCUT2D eigenvalue weighted by Crippen LogP contribution is 2.22. The third-order valence-corrected chi connectivity index (χ3v) is 4.52. The van der Waals surface area contributed by atoms with Crippen molar-refractivity contribution in [2.24, 2.45) is 0 Å². The van der Waals surface area contributed by atoms with E-state index < -0.39 is 37.3 Å². The van der Waals surface area contributed by atoms with E-state index in [2.05, 4.69) is 27.9 Å². The summed E-state index contributed by atoms with van der Waals surface area (Å²) in [6.45, 7) is -0.0983. The molecular weight excluding hydrogens is 362 g/mol. The average molecular weight is 389 g/mol. The molecule has 2 heterocycles. The van der Waals surface area contributed by atoms with Crippen molar-refractivity contribution in [3.05, 3.63) is 18.2 Å². The minimum atomic E-state index is -1.33. The molecule has 9 nitrogen and oxygen atoms in total. The molecule has 1 saturated heterocycles. The highest BCUT2D eigenvalue weighted by Gasteiger charge is 2.45. The monoisotopic (exact) mass is 389 g/mol. The first-order valence-electron chi connectivity index (χ1n) is 8.68. The van der Waals surface area contributed by atoms with Crippen molar-refractivity contribution in [3.63, 3.8) is 0 Å². The van der Waals surface area contributed by atoms with Gasteiger partial charge in [-0.05, 0) is 18.6 Å². The molecule has 1 aromatic heterocycles. The number of unbranched alkanes of at least 4 members (excludes halogenated alkanes) is 2. The number of hydrogen-bond acceptors (Lipinski definition) is 8. The zero-order chi connectivity index (χ0) is 18.9. The highest BCUT2D eigenvalue weighted by atomic mass is 32.1. The Morgan fingerprint density at radius 3 is 2.81 bits per heavy atom. The SMILES string of the molecule is O=C(Cc1cnc[nH]1)NC1[C@H](OCCCCCS)OC(CO)C(O)[C@@H]1O. The number of imidazole rings is 1. The second-order valence-corrected chi connectivity index (χ2v) is 6.66. The normalized spacial score (nSPS) is 28.8. The van der Waals surface area contributed by atoms with Gasteiger partial charge >= 0.3 is 0 Å². The zero-order valence-electron chi connectivity index (χ0n) is 14.5. The topological polar surface area (TPSA) is 137 Å². The first kappa shape index (κ1) is 21.1. The number of H-pyrrole nitrogens is 1. The molecule has 3 unspecified atom stereocenters. The number of amides is 1. The lowest BCUT2D eigenvalue weighted by atomic mass is 9.96. The minimum absolute atomic E-state index is 0.0391. The van der Waals surface area contributed by atoms with E-state index >= 15 is 0 Å². The number of aliphatic hydroxyl groups is 3. The Bertz CT molecular complexity index is 532. The molecule has 1 amide bonds. The van der Waals surface area contributed by atoms with E-state index in [0.29, 0.717) is 12.3 Å². The van der Waals surface area contributed by atoms with Gasteiger partial charge in [-0.15, -0.1) is 0 Å². The van der Waals surface area contributed by atoms with Gasteiger partial charge in [-0.2, -0.15) is 12.6 Å². The summed E-state index contributed by atoms with van der Waals surface area (Å²) in [5.41, 5.74) is 0.617. The molecular formula is C16H27N3O6S. The van der Waals surface area contributed by atoms with Crippen LogP contribution < -0.4 is 5.32 Å². The van der Waals surface area contributed by atoms with Gasteiger partial charge in [0.25, 0.3) is 0 Å². The van der Waals surface area contributed by atoms with Crippen LogP contribution in [-0.4, -0.2) is 80.8 Å². The average Bonchev–Trinajstić information content (AvgIpc) is 3.13. The van der Waals surface area contributed by atoms with Crippen LogP contribution in [0.4, 0.5) is 0 Å². The van der Waals surface area contributed by atoms with E-state index in [-0.39, 0.29) is 12.3 Å². The van der Waals surface area contributed by atoms with Gasteiger partial charge in [0.05, 0.1) is 19.4 Å². The van der Waals surface area contributed by atoms with Crippen LogP contribution in [0.2, 0.25) is 0 Å². The Hall–Kier alpha value is -1.17. The number of rotatable bonds is 10. The molecule has 0 bridgehead atoms. The lowest BCUT2D eigenvalue weighted by molar-refractivity contribution is -0.270. The first-order valence-corrected chi connectivity index (χ1v) is 9.31. The molecule has 0 aliphatic carbocycles. The Balaban J connectivity index is 1.95. The summed E-state index contributed by atoms with van der Waals surface area (Å²) in [6.07, 6.45) is 1.10. The van der Waals surface area contributed by atoms with E-state index in [4.69, 9.17) is 9.47 Å². The van der Waals surface area contributed by atoms with Crippen molar-refractivity contribution in [1.29, 1.82) is 0 Å². The predicted octanol–water partition coefficient (Wildman–Crippen LogP) is -1.01. The largest absolute Gasteiger partial charge is 0.394 e. The summed E-state index contributed by atoms with van der Waals surface area (Å²) in [6, 6.07) is -0.951. The summed E-state index contributed by atoms with van der Waals surface area (Å²) in [4.78, 5) is 18.9. The maximum absolute atomic E-state index is 12.2. The van der Waals surface area contributed by atoms with E-state index in [9.17, 15) is 20.1 Å². The van der Waals surface area contributed by atoms with Gasteiger partial charge in [0, 0.05) is 18.5 Å². The molecule has 1 aliphatic heterocycles. The number of thiol groups is 1. The number of carbonyl (C=O) groups is 1. The second kappa shape index (κ2) is 10.9. The fraction of sp³-hybridized carbons (Fsp3) is 0.750. The van der Waals surface area contributed by atoms with Crippen LogP contribution in [-0.2, 0) is 20.7 Å². The molecule has 0 spiro atoms. The Morgan fingerprint density at radius 1 is 1.35 bits per heavy atom. The fourth-order valence-electron chi connectivity index (χ4n) is 2.76. The van der Waals surface area contributed by atoms with E-state index in [1.165, 1.54) is 12.5 Å². The summed E-state index contributed by atoms with van der Waals surface area (Å²) in [5.74, 6) is 0.421. The molecule has 5 N–H and O–H groups in total. The summed E-state index contributed by atoms with van der Waals surface area (Å²) >= 11 is 4.15. The zero-order valence-corrected chi connectivity index (χ0v) is 15.3. The lowest BCUT2D eigenvalue weighted by Gasteiger charge is -2.42. The van der Waals surface area contributed by atoms with Crippen LogP contribution in [0.3, 0.4) is 0 Å². The van der Waals surface area contributed by atoms with Gasteiger partial charge < -0.3 is 35.1 Å². The fourth-order valence-corrected chi connectivity index (χ4v) is 2.98. The first-order chi connectivity index (χ1) is 12.6. The van der Waals surface area contributed by atoms with Gasteiger partial charge in [0.2, 0.25) is 5.91 Å². The number of carbonyl (C=O) groups excluding carboxylic acids is 1. The summed E-state index contributed by atoms with van der Waals surface area (Å²) in [7, 11) is 0. The molecule has 148 valence electrons. The summed E-state index contributed by atoms with van der Waals surface area (Å²) in [5, 5.41) is 32.4. The predicted molar refractivity (Wildman–Crippen MR) is 95.6 cm³/mol. The van der Waals surface area contributed by atoms with E-state index in [1.807, 2.05) is 0 Å². The van der Waals surface area contributed by atoms with Crippen LogP contribution in [0.1, 0.15) is 25.0 Å². The second-order valence-electron chi connectivity index (χ2n) is 6.21. The van der Waals surface area contributed by atoms with Crippen molar-refractivity contribution in [3.8, 4) is 0 Å². The van der Waals surface area contributed by atoms with Gasteiger partial charge in [-0.25, -0.2) is 4.98 Å². The Kier molecular flexibility index (Phi) is 8.82. The van der Waals surface area contributed by atoms with Crippen LogP contribution in [0, 0.1) is 0 Å². The number of nitrogens with zero attached hydrogens (tertiary/aromatic N) is 1. The Morgan fingerprint density at radius 2 is 2.15 bits per heavy atom. The van der Waals surface area contributed by atoms with Crippen LogP contribution >= 0.6 is 12.6 Å². The third-order valence-electron chi connectivity index (χ3n) is 4.20. The van der Waals surface area contributed by atoms with Gasteiger partial charge in [0.15, 0.2) is 6.29 Å². The van der Waals surface area contributed by atoms with Crippen LogP contribution in [0.25, 0.3) is 0 Å². The number of aliphatic hydroxyl groups excluding tert-OH is 3. The van der Waals surface area contributed by atoms with E-state index in [1.54, 1.807) is 0 Å². The van der Waals surface area contributed by atoms with Crippen molar-refractivity contribution in [1.82, 2.24) is 15.3 Å². The van der Waals surface area contributed by atoms with Crippen molar-refractivity contribution < 1.29 is 29.6 Å². The number of ether oxygens (including phenoxy) is 2. The lowest BCUT2D eigenvalue weighted by Crippen LogP contribution is -2.64. The van der Waals surface area contributed by atoms with Crippen molar-refractivity contribution in [2.45, 2.75) is 56.3 Å². The summed E-state index contributed by atoms with van der Waals surface area (Å²) < 4.78 is 11.2. The molecule has 2 rings (SSSR count). The van der Waals surface area contributed by atoms with Crippen LogP contribution in [0.5, 0.6) is 0 Å². The molecule has 0 radical (unpaired) electrons. The van der Waals surface area contributed by atoms with Gasteiger partial charge in [-0.1, -0.05) is 6.42 Å². The molecule has 10 heteroatoms. The molecule has 1 fully saturated rings. The van der Waals surface area contributed by atoms with Gasteiger partial charge in [-0.3, -0.25) is 4.79 Å². The number of aromatic amines is 1. The minimum Gasteiger partial charge on any atom is -0.394 e. The van der Waals surface area contributed by atoms with Crippen molar-refractivity contribution >= 4 is 18.5 Å². The molecule has 5 atom stereocenters. The van der Waals surface area contributed by atoms with E-state index in [0.717, 1.165) is 25.0 Å². The van der Waals surface area contributed by atoms with Gasteiger partial charge in [0.1, 0.15) is 24.4 Å². The number of nitrogens with one attached hydrogen (secondary N) is 2. The van der Waals surface area contributed by atoms with Crippen LogP contribution in [0.15, 0.2) is 12.5 Å². The standard InChI is InChI=1S/C16H27N3O6S/c20-8-11-14(22)15(23)13(16(25-11)24-4-2-1-3-5-26)19-12(21)6-10-7-17-9-18-10/h7,9,11,13-16,20,22-23,26H,1-6,8H2,(H,17,18)(H,19,21)/t11?,13?,14?,15-,16-/m1/s1. The number of hydrogen-bond donors (Lipinski definition) is 6. The quantitative estimate of drug-likeness (QED) is 0.223. The third kappa shape index (κ3) is 5.93. The van der Waals surface area contributed by atoms with Crippen molar-refractivity contribution in [2.75, 3.05) is 19.0 Å². The molecule has 1 aliphatic rings. The molecule has 0 aromatic carbocycles. The maximum atomic E-state index is 12.2.